The van der Waals surface area contributed by atoms with Crippen molar-refractivity contribution in [3.63, 3.8) is 0 Å². The second-order valence-corrected chi connectivity index (χ2v) is 9.09. The molecule has 0 bridgehead atoms. The van der Waals surface area contributed by atoms with E-state index < -0.39 is 4.92 Å². The summed E-state index contributed by atoms with van der Waals surface area (Å²) in [6.07, 6.45) is 0.873. The third-order valence-electron chi connectivity index (χ3n) is 5.47. The number of carbonyl (C=O) groups is 1. The van der Waals surface area contributed by atoms with E-state index in [1.165, 1.54) is 29.5 Å². The summed E-state index contributed by atoms with van der Waals surface area (Å²) in [4.78, 5) is 23.2. The Morgan fingerprint density at radius 1 is 1.03 bits per heavy atom. The van der Waals surface area contributed by atoms with Gasteiger partial charge in [-0.05, 0) is 48.7 Å². The zero-order valence-electron chi connectivity index (χ0n) is 20.0. The normalized spacial score (nSPS) is 10.7. The first-order valence-corrected chi connectivity index (χ1v) is 12.4. The maximum Gasteiger partial charge on any atom is 0.319 e. The lowest BCUT2D eigenvalue weighted by molar-refractivity contribution is -0.384. The van der Waals surface area contributed by atoms with Gasteiger partial charge in [0.2, 0.25) is 0 Å². The zero-order valence-corrected chi connectivity index (χ0v) is 20.8. The number of urea groups is 1. The number of aryl methyl sites for hydroxylation is 2. The Balaban J connectivity index is 1.53. The highest BCUT2D eigenvalue weighted by Gasteiger charge is 2.17. The molecule has 0 saturated carbocycles. The summed E-state index contributed by atoms with van der Waals surface area (Å²) >= 11 is 1.50. The molecule has 0 spiro atoms. The van der Waals surface area contributed by atoms with Crippen LogP contribution in [0.5, 0.6) is 0 Å². The number of thioether (sulfide) groups is 1. The number of nitro groups is 1. The first-order chi connectivity index (χ1) is 17.4. The highest BCUT2D eigenvalue weighted by Crippen LogP contribution is 2.26. The van der Waals surface area contributed by atoms with Crippen molar-refractivity contribution in [2.24, 2.45) is 0 Å². The van der Waals surface area contributed by atoms with E-state index in [9.17, 15) is 14.9 Å². The Morgan fingerprint density at radius 2 is 1.78 bits per heavy atom. The minimum atomic E-state index is -0.441. The highest BCUT2D eigenvalue weighted by molar-refractivity contribution is 7.98. The fraction of sp³-hybridized carbons (Fsp3) is 0.192. The van der Waals surface area contributed by atoms with Crippen molar-refractivity contribution in [2.75, 3.05) is 5.32 Å². The van der Waals surface area contributed by atoms with Crippen molar-refractivity contribution < 1.29 is 9.72 Å². The van der Waals surface area contributed by atoms with E-state index in [0.29, 0.717) is 28.1 Å². The van der Waals surface area contributed by atoms with Crippen LogP contribution in [0, 0.1) is 17.0 Å². The van der Waals surface area contributed by atoms with Crippen LogP contribution >= 0.6 is 11.8 Å². The summed E-state index contributed by atoms with van der Waals surface area (Å²) in [6.45, 7) is 4.22. The average molecular weight is 503 g/mol. The summed E-state index contributed by atoms with van der Waals surface area (Å²) in [6, 6.07) is 21.7. The molecule has 9 nitrogen and oxygen atoms in total. The molecule has 1 aromatic heterocycles. The van der Waals surface area contributed by atoms with Gasteiger partial charge in [0.15, 0.2) is 11.0 Å². The standard InChI is InChI=1S/C26H26N6O3S/c1-3-19-7-5-9-21(15-19)28-25(33)27-16-24-29-30-26(36-17-20-8-4-6-18(2)14-20)31(24)22-10-12-23(13-11-22)32(34)35/h4-15H,3,16-17H2,1-2H3,(H2,27,28,33). The topological polar surface area (TPSA) is 115 Å². The monoisotopic (exact) mass is 502 g/mol. The fourth-order valence-electron chi connectivity index (χ4n) is 3.64. The Morgan fingerprint density at radius 3 is 2.50 bits per heavy atom. The van der Waals surface area contributed by atoms with Crippen molar-refractivity contribution in [1.82, 2.24) is 20.1 Å². The van der Waals surface area contributed by atoms with Crippen molar-refractivity contribution in [2.45, 2.75) is 37.7 Å². The molecule has 3 aromatic carbocycles. The van der Waals surface area contributed by atoms with Crippen molar-refractivity contribution in [3.8, 4) is 5.69 Å². The van der Waals surface area contributed by atoms with Gasteiger partial charge in [-0.25, -0.2) is 4.79 Å². The molecule has 1 heterocycles. The number of hydrogen-bond acceptors (Lipinski definition) is 6. The largest absolute Gasteiger partial charge is 0.331 e. The SMILES string of the molecule is CCc1cccc(NC(=O)NCc2nnc(SCc3cccc(C)c3)n2-c2ccc([N+](=O)[O-])cc2)c1. The van der Waals surface area contributed by atoms with E-state index in [0.717, 1.165) is 17.5 Å². The van der Waals surface area contributed by atoms with Gasteiger partial charge >= 0.3 is 6.03 Å². The van der Waals surface area contributed by atoms with Crippen LogP contribution in [-0.4, -0.2) is 25.7 Å². The number of nitro benzene ring substituents is 1. The number of hydrogen-bond donors (Lipinski definition) is 2. The number of non-ortho nitro benzene ring substituents is 1. The van der Waals surface area contributed by atoms with Crippen molar-refractivity contribution >= 4 is 29.2 Å². The lowest BCUT2D eigenvalue weighted by Gasteiger charge is -2.12. The van der Waals surface area contributed by atoms with Gasteiger partial charge < -0.3 is 10.6 Å². The van der Waals surface area contributed by atoms with Gasteiger partial charge in [-0.1, -0.05) is 60.6 Å². The molecule has 0 aliphatic heterocycles. The summed E-state index contributed by atoms with van der Waals surface area (Å²) in [7, 11) is 0. The van der Waals surface area contributed by atoms with Crippen LogP contribution in [0.15, 0.2) is 78.0 Å². The number of rotatable bonds is 9. The second kappa shape index (κ2) is 11.5. The first kappa shape index (κ1) is 24.9. The minimum Gasteiger partial charge on any atom is -0.331 e. The molecule has 0 atom stereocenters. The Hall–Kier alpha value is -4.18. The quantitative estimate of drug-likeness (QED) is 0.173. The Bertz CT molecular complexity index is 1370. The molecular formula is C26H26N6O3S. The van der Waals surface area contributed by atoms with E-state index in [-0.39, 0.29) is 18.3 Å². The smallest absolute Gasteiger partial charge is 0.319 e. The summed E-state index contributed by atoms with van der Waals surface area (Å²) in [5, 5.41) is 26.0. The van der Waals surface area contributed by atoms with Gasteiger partial charge in [0.05, 0.1) is 11.5 Å². The highest BCUT2D eigenvalue weighted by atomic mass is 32.2. The molecule has 184 valence electrons. The fourth-order valence-corrected chi connectivity index (χ4v) is 4.56. The zero-order chi connectivity index (χ0) is 25.5. The van der Waals surface area contributed by atoms with E-state index >= 15 is 0 Å². The molecule has 0 unspecified atom stereocenters. The summed E-state index contributed by atoms with van der Waals surface area (Å²) in [5.41, 5.74) is 4.82. The van der Waals surface area contributed by atoms with Crippen LogP contribution in [-0.2, 0) is 18.7 Å². The number of benzene rings is 3. The van der Waals surface area contributed by atoms with E-state index in [2.05, 4.69) is 33.8 Å². The van der Waals surface area contributed by atoms with Crippen LogP contribution in [0.4, 0.5) is 16.2 Å². The van der Waals surface area contributed by atoms with Crippen LogP contribution in [0.25, 0.3) is 5.69 Å². The number of anilines is 1. The number of aromatic nitrogens is 3. The molecule has 4 rings (SSSR count). The van der Waals surface area contributed by atoms with Gasteiger partial charge in [-0.3, -0.25) is 14.7 Å². The van der Waals surface area contributed by atoms with Crippen LogP contribution in [0.1, 0.15) is 29.4 Å². The molecule has 0 radical (unpaired) electrons. The molecule has 0 fully saturated rings. The lowest BCUT2D eigenvalue weighted by atomic mass is 10.1. The number of carbonyl (C=O) groups excluding carboxylic acids is 1. The predicted molar refractivity (Wildman–Crippen MR) is 140 cm³/mol. The third-order valence-corrected chi connectivity index (χ3v) is 6.47. The van der Waals surface area contributed by atoms with Gasteiger partial charge in [-0.2, -0.15) is 0 Å². The minimum absolute atomic E-state index is 0.00542. The van der Waals surface area contributed by atoms with Crippen LogP contribution in [0.2, 0.25) is 0 Å². The van der Waals surface area contributed by atoms with Gasteiger partial charge in [0.25, 0.3) is 5.69 Å². The molecule has 2 N–H and O–H groups in total. The maximum atomic E-state index is 12.5. The van der Waals surface area contributed by atoms with E-state index in [1.54, 1.807) is 12.1 Å². The molecule has 4 aromatic rings. The molecule has 2 amide bonds. The second-order valence-electron chi connectivity index (χ2n) is 8.15. The Labute approximate surface area is 213 Å². The van der Waals surface area contributed by atoms with Crippen molar-refractivity contribution in [1.29, 1.82) is 0 Å². The Kier molecular flexibility index (Phi) is 7.96. The maximum absolute atomic E-state index is 12.5. The molecule has 0 aliphatic rings. The number of amides is 2. The van der Waals surface area contributed by atoms with E-state index in [1.807, 2.05) is 54.0 Å². The lowest BCUT2D eigenvalue weighted by Crippen LogP contribution is -2.29. The van der Waals surface area contributed by atoms with Gasteiger partial charge in [0, 0.05) is 29.3 Å². The molecule has 10 heteroatoms. The number of nitrogens with zero attached hydrogens (tertiary/aromatic N) is 4. The van der Waals surface area contributed by atoms with Crippen LogP contribution in [0.3, 0.4) is 0 Å². The van der Waals surface area contributed by atoms with Crippen LogP contribution < -0.4 is 10.6 Å². The van der Waals surface area contributed by atoms with E-state index in [4.69, 9.17) is 0 Å². The molecule has 0 saturated heterocycles. The molecule has 36 heavy (non-hydrogen) atoms. The summed E-state index contributed by atoms with van der Waals surface area (Å²) in [5.74, 6) is 1.18. The average Bonchev–Trinajstić information content (AvgIpc) is 3.29. The molecular weight excluding hydrogens is 476 g/mol. The van der Waals surface area contributed by atoms with Gasteiger partial charge in [0.1, 0.15) is 0 Å². The first-order valence-electron chi connectivity index (χ1n) is 11.4. The predicted octanol–water partition coefficient (Wildman–Crippen LogP) is 5.66. The summed E-state index contributed by atoms with van der Waals surface area (Å²) < 4.78 is 1.81. The third kappa shape index (κ3) is 6.28. The molecule has 0 aliphatic carbocycles. The van der Waals surface area contributed by atoms with Gasteiger partial charge in [-0.15, -0.1) is 10.2 Å². The number of nitrogens with one attached hydrogen (secondary N) is 2. The van der Waals surface area contributed by atoms with Crippen molar-refractivity contribution in [3.05, 3.63) is 105 Å².